The second kappa shape index (κ2) is 6.13. The molecular weight excluding hydrogens is 268 g/mol. The van der Waals surface area contributed by atoms with Crippen molar-refractivity contribution in [3.8, 4) is 0 Å². The summed E-state index contributed by atoms with van der Waals surface area (Å²) in [6, 6.07) is 0. The van der Waals surface area contributed by atoms with Crippen molar-refractivity contribution < 1.29 is 14.6 Å². The summed E-state index contributed by atoms with van der Waals surface area (Å²) in [6.07, 6.45) is 3.35. The number of likely N-dealkylation sites (tertiary alicyclic amines) is 2. The highest BCUT2D eigenvalue weighted by atomic mass is 16.6. The van der Waals surface area contributed by atoms with Crippen LogP contribution in [0.15, 0.2) is 0 Å². The molecule has 21 heavy (non-hydrogen) atoms. The van der Waals surface area contributed by atoms with E-state index < -0.39 is 5.60 Å². The molecule has 0 spiro atoms. The number of aliphatic hydroxyl groups is 1. The number of amides is 1. The maximum atomic E-state index is 12.1. The Morgan fingerprint density at radius 1 is 1.14 bits per heavy atom. The van der Waals surface area contributed by atoms with Crippen LogP contribution in [0.4, 0.5) is 4.79 Å². The molecule has 5 nitrogen and oxygen atoms in total. The Kier molecular flexibility index (Phi) is 4.83. The molecule has 5 heteroatoms. The van der Waals surface area contributed by atoms with E-state index >= 15 is 0 Å². The van der Waals surface area contributed by atoms with Crippen LogP contribution in [0.3, 0.4) is 0 Å². The van der Waals surface area contributed by atoms with Gasteiger partial charge in [-0.05, 0) is 53.4 Å². The number of nitrogens with zero attached hydrogens (tertiary/aromatic N) is 2. The fraction of sp³-hybridized carbons (Fsp3) is 0.938. The number of hydrogen-bond donors (Lipinski definition) is 1. The van der Waals surface area contributed by atoms with Gasteiger partial charge in [-0.1, -0.05) is 0 Å². The summed E-state index contributed by atoms with van der Waals surface area (Å²) in [5.74, 6) is 0. The van der Waals surface area contributed by atoms with E-state index in [1.54, 1.807) is 0 Å². The van der Waals surface area contributed by atoms with Crippen LogP contribution in [0.1, 0.15) is 53.4 Å². The van der Waals surface area contributed by atoms with Gasteiger partial charge in [-0.25, -0.2) is 4.79 Å². The van der Waals surface area contributed by atoms with Gasteiger partial charge in [0.15, 0.2) is 0 Å². The molecule has 2 rings (SSSR count). The summed E-state index contributed by atoms with van der Waals surface area (Å²) < 4.78 is 5.45. The smallest absolute Gasteiger partial charge is 0.410 e. The summed E-state index contributed by atoms with van der Waals surface area (Å²) in [6.45, 7) is 11.4. The van der Waals surface area contributed by atoms with Crippen LogP contribution >= 0.6 is 0 Å². The van der Waals surface area contributed by atoms with Gasteiger partial charge in [0.2, 0.25) is 0 Å². The molecular formula is C16H30N2O3. The van der Waals surface area contributed by atoms with Crippen molar-refractivity contribution in [1.29, 1.82) is 0 Å². The van der Waals surface area contributed by atoms with Crippen LogP contribution in [-0.2, 0) is 4.74 Å². The van der Waals surface area contributed by atoms with Gasteiger partial charge in [-0.15, -0.1) is 0 Å². The molecule has 0 radical (unpaired) electrons. The van der Waals surface area contributed by atoms with E-state index in [1.165, 1.54) is 0 Å². The second-order valence-electron chi connectivity index (χ2n) is 7.68. The van der Waals surface area contributed by atoms with Crippen molar-refractivity contribution >= 4 is 6.09 Å². The summed E-state index contributed by atoms with van der Waals surface area (Å²) in [4.78, 5) is 16.4. The first kappa shape index (κ1) is 16.6. The topological polar surface area (TPSA) is 53.0 Å². The molecule has 2 aliphatic rings. The van der Waals surface area contributed by atoms with E-state index in [-0.39, 0.29) is 17.7 Å². The standard InChI is InChI=1S/C16H30N2O3/c1-15(2,3)21-14(20)17-11-7-16(4,8-12-17)18-9-5-13(19)6-10-18/h13,19H,5-12H2,1-4H3. The summed E-state index contributed by atoms with van der Waals surface area (Å²) in [5.41, 5.74) is -0.278. The van der Waals surface area contributed by atoms with E-state index in [1.807, 2.05) is 25.7 Å². The third kappa shape index (κ3) is 4.33. The van der Waals surface area contributed by atoms with Gasteiger partial charge in [0, 0.05) is 31.7 Å². The molecule has 2 heterocycles. The molecule has 1 N–H and O–H groups in total. The molecule has 1 amide bonds. The number of aliphatic hydroxyl groups excluding tert-OH is 1. The molecule has 2 fully saturated rings. The highest BCUT2D eigenvalue weighted by Crippen LogP contribution is 2.31. The lowest BCUT2D eigenvalue weighted by Crippen LogP contribution is -2.57. The molecule has 0 atom stereocenters. The van der Waals surface area contributed by atoms with Crippen LogP contribution in [0.5, 0.6) is 0 Å². The first-order valence-corrected chi connectivity index (χ1v) is 8.11. The Morgan fingerprint density at radius 2 is 1.67 bits per heavy atom. The predicted molar refractivity (Wildman–Crippen MR) is 82.3 cm³/mol. The van der Waals surface area contributed by atoms with Crippen molar-refractivity contribution in [2.24, 2.45) is 0 Å². The number of rotatable bonds is 1. The highest BCUT2D eigenvalue weighted by Gasteiger charge is 2.38. The van der Waals surface area contributed by atoms with Crippen LogP contribution < -0.4 is 0 Å². The van der Waals surface area contributed by atoms with E-state index in [2.05, 4.69) is 11.8 Å². The third-order valence-electron chi connectivity index (χ3n) is 4.72. The molecule has 0 aliphatic carbocycles. The zero-order valence-electron chi connectivity index (χ0n) is 13.9. The van der Waals surface area contributed by atoms with Crippen molar-refractivity contribution in [1.82, 2.24) is 9.80 Å². The number of piperidine rings is 2. The largest absolute Gasteiger partial charge is 0.444 e. The molecule has 0 bridgehead atoms. The molecule has 122 valence electrons. The van der Waals surface area contributed by atoms with Crippen LogP contribution in [0.25, 0.3) is 0 Å². The lowest BCUT2D eigenvalue weighted by atomic mass is 9.86. The van der Waals surface area contributed by atoms with E-state index in [0.29, 0.717) is 0 Å². The molecule has 0 aromatic rings. The van der Waals surface area contributed by atoms with Gasteiger partial charge in [-0.3, -0.25) is 4.90 Å². The van der Waals surface area contributed by atoms with E-state index in [0.717, 1.165) is 51.9 Å². The summed E-state index contributed by atoms with van der Waals surface area (Å²) in [5, 5.41) is 9.64. The Morgan fingerprint density at radius 3 is 2.14 bits per heavy atom. The minimum atomic E-state index is -0.430. The fourth-order valence-electron chi connectivity index (χ4n) is 3.22. The highest BCUT2D eigenvalue weighted by molar-refractivity contribution is 5.68. The summed E-state index contributed by atoms with van der Waals surface area (Å²) >= 11 is 0. The zero-order valence-corrected chi connectivity index (χ0v) is 13.9. The Labute approximate surface area is 128 Å². The van der Waals surface area contributed by atoms with Gasteiger partial charge < -0.3 is 14.7 Å². The van der Waals surface area contributed by atoms with Crippen LogP contribution in [0, 0.1) is 0 Å². The Hall–Kier alpha value is -0.810. The van der Waals surface area contributed by atoms with Gasteiger partial charge in [0.05, 0.1) is 6.10 Å². The van der Waals surface area contributed by atoms with Gasteiger partial charge in [0.1, 0.15) is 5.60 Å². The zero-order chi connectivity index (χ0) is 15.7. The molecule has 0 aromatic heterocycles. The quantitative estimate of drug-likeness (QED) is 0.806. The Balaban J connectivity index is 1.86. The molecule has 0 saturated carbocycles. The van der Waals surface area contributed by atoms with Crippen LogP contribution in [-0.4, -0.2) is 64.4 Å². The second-order valence-corrected chi connectivity index (χ2v) is 7.68. The van der Waals surface area contributed by atoms with Gasteiger partial charge in [-0.2, -0.15) is 0 Å². The molecule has 2 saturated heterocycles. The Bertz CT molecular complexity index is 362. The minimum Gasteiger partial charge on any atom is -0.444 e. The van der Waals surface area contributed by atoms with E-state index in [9.17, 15) is 9.90 Å². The molecule has 0 unspecified atom stereocenters. The lowest BCUT2D eigenvalue weighted by Gasteiger charge is -2.48. The average Bonchev–Trinajstić information content (AvgIpc) is 2.38. The number of carbonyl (C=O) groups is 1. The number of ether oxygens (including phenoxy) is 1. The van der Waals surface area contributed by atoms with Crippen molar-refractivity contribution in [2.75, 3.05) is 26.2 Å². The third-order valence-corrected chi connectivity index (χ3v) is 4.72. The average molecular weight is 298 g/mol. The first-order valence-electron chi connectivity index (χ1n) is 8.11. The monoisotopic (exact) mass is 298 g/mol. The van der Waals surface area contributed by atoms with Crippen molar-refractivity contribution in [3.05, 3.63) is 0 Å². The maximum absolute atomic E-state index is 12.1. The van der Waals surface area contributed by atoms with E-state index in [4.69, 9.17) is 4.74 Å². The van der Waals surface area contributed by atoms with Crippen molar-refractivity contribution in [3.63, 3.8) is 0 Å². The predicted octanol–water partition coefficient (Wildman–Crippen LogP) is 2.23. The molecule has 2 aliphatic heterocycles. The normalized spacial score (nSPS) is 24.9. The van der Waals surface area contributed by atoms with Gasteiger partial charge in [0.25, 0.3) is 0 Å². The number of hydrogen-bond acceptors (Lipinski definition) is 4. The fourth-order valence-corrected chi connectivity index (χ4v) is 3.22. The number of carbonyl (C=O) groups excluding carboxylic acids is 1. The molecule has 0 aromatic carbocycles. The SMILES string of the molecule is CC(C)(C)OC(=O)N1CCC(C)(N2CCC(O)CC2)CC1. The minimum absolute atomic E-state index is 0.133. The van der Waals surface area contributed by atoms with Gasteiger partial charge >= 0.3 is 6.09 Å². The first-order chi connectivity index (χ1) is 9.70. The lowest BCUT2D eigenvalue weighted by molar-refractivity contribution is -0.0207. The van der Waals surface area contributed by atoms with Crippen molar-refractivity contribution in [2.45, 2.75) is 70.6 Å². The van der Waals surface area contributed by atoms with Crippen LogP contribution in [0.2, 0.25) is 0 Å². The maximum Gasteiger partial charge on any atom is 0.410 e. The summed E-state index contributed by atoms with van der Waals surface area (Å²) in [7, 11) is 0.